The smallest absolute Gasteiger partial charge is 0.0912 e. The molecular formula is C10H15NO2. The van der Waals surface area contributed by atoms with Gasteiger partial charge in [-0.3, -0.25) is 0 Å². The predicted octanol–water partition coefficient (Wildman–Crippen LogP) is 0.732. The van der Waals surface area contributed by atoms with Gasteiger partial charge in [0, 0.05) is 6.54 Å². The third kappa shape index (κ3) is 2.52. The van der Waals surface area contributed by atoms with Crippen molar-refractivity contribution in [1.29, 1.82) is 0 Å². The Morgan fingerprint density at radius 3 is 2.46 bits per heavy atom. The summed E-state index contributed by atoms with van der Waals surface area (Å²) in [7, 11) is 0. The zero-order valence-electron chi connectivity index (χ0n) is 7.64. The lowest BCUT2D eigenvalue weighted by atomic mass is 10.0. The van der Waals surface area contributed by atoms with Crippen molar-refractivity contribution in [1.82, 2.24) is 0 Å². The molecule has 0 saturated heterocycles. The topological polar surface area (TPSA) is 66.5 Å². The molecule has 3 nitrogen and oxygen atoms in total. The highest BCUT2D eigenvalue weighted by atomic mass is 16.3. The van der Waals surface area contributed by atoms with Crippen molar-refractivity contribution < 1.29 is 10.2 Å². The van der Waals surface area contributed by atoms with Crippen molar-refractivity contribution in [2.75, 3.05) is 6.54 Å². The standard InChI is InChI=1S/C10H15NO2/c1-7(12)8-3-2-4-9(5-8)10(13)6-11/h2-5,7,10,12-13H,6,11H2,1H3. The van der Waals surface area contributed by atoms with Gasteiger partial charge in [0.1, 0.15) is 0 Å². The van der Waals surface area contributed by atoms with Crippen molar-refractivity contribution in [2.45, 2.75) is 19.1 Å². The monoisotopic (exact) mass is 181 g/mol. The van der Waals surface area contributed by atoms with Gasteiger partial charge in [-0.15, -0.1) is 0 Å². The Hall–Kier alpha value is -0.900. The molecule has 4 N–H and O–H groups in total. The summed E-state index contributed by atoms with van der Waals surface area (Å²) in [5, 5.41) is 18.7. The summed E-state index contributed by atoms with van der Waals surface area (Å²) >= 11 is 0. The van der Waals surface area contributed by atoms with E-state index in [1.165, 1.54) is 0 Å². The Kier molecular flexibility index (Phi) is 3.42. The van der Waals surface area contributed by atoms with Gasteiger partial charge in [0.15, 0.2) is 0 Å². The second-order valence-electron chi connectivity index (χ2n) is 3.10. The van der Waals surface area contributed by atoms with Gasteiger partial charge in [0.25, 0.3) is 0 Å². The third-order valence-corrected chi connectivity index (χ3v) is 2.00. The summed E-state index contributed by atoms with van der Waals surface area (Å²) in [4.78, 5) is 0. The number of hydrogen-bond acceptors (Lipinski definition) is 3. The molecule has 72 valence electrons. The van der Waals surface area contributed by atoms with Crippen LogP contribution in [0.1, 0.15) is 30.3 Å². The van der Waals surface area contributed by atoms with Crippen LogP contribution in [0, 0.1) is 0 Å². The average molecular weight is 181 g/mol. The Morgan fingerprint density at radius 2 is 1.92 bits per heavy atom. The van der Waals surface area contributed by atoms with Crippen LogP contribution in [0.15, 0.2) is 24.3 Å². The Labute approximate surface area is 77.8 Å². The van der Waals surface area contributed by atoms with Gasteiger partial charge in [-0.05, 0) is 18.1 Å². The van der Waals surface area contributed by atoms with Crippen molar-refractivity contribution in [3.05, 3.63) is 35.4 Å². The van der Waals surface area contributed by atoms with Crippen LogP contribution >= 0.6 is 0 Å². The molecule has 0 amide bonds. The van der Waals surface area contributed by atoms with Crippen LogP contribution in [0.4, 0.5) is 0 Å². The number of aliphatic hydroxyl groups is 2. The van der Waals surface area contributed by atoms with Crippen molar-refractivity contribution in [2.24, 2.45) is 5.73 Å². The zero-order valence-corrected chi connectivity index (χ0v) is 7.64. The molecule has 0 aromatic heterocycles. The van der Waals surface area contributed by atoms with E-state index in [9.17, 15) is 10.2 Å². The van der Waals surface area contributed by atoms with Crippen molar-refractivity contribution in [3.8, 4) is 0 Å². The molecule has 3 heteroatoms. The van der Waals surface area contributed by atoms with Crippen LogP contribution in [0.3, 0.4) is 0 Å². The first-order chi connectivity index (χ1) is 6.15. The fraction of sp³-hybridized carbons (Fsp3) is 0.400. The van der Waals surface area contributed by atoms with E-state index in [0.29, 0.717) is 0 Å². The number of nitrogens with two attached hydrogens (primary N) is 1. The van der Waals surface area contributed by atoms with Gasteiger partial charge in [-0.1, -0.05) is 24.3 Å². The molecule has 0 aliphatic carbocycles. The average Bonchev–Trinajstić information content (AvgIpc) is 2.17. The summed E-state index contributed by atoms with van der Waals surface area (Å²) in [6.45, 7) is 1.89. The first kappa shape index (κ1) is 10.2. The minimum atomic E-state index is -0.640. The Bertz CT molecular complexity index is 273. The first-order valence-corrected chi connectivity index (χ1v) is 4.31. The largest absolute Gasteiger partial charge is 0.389 e. The van der Waals surface area contributed by atoms with E-state index < -0.39 is 12.2 Å². The Morgan fingerprint density at radius 1 is 1.31 bits per heavy atom. The van der Waals surface area contributed by atoms with Gasteiger partial charge in [-0.2, -0.15) is 0 Å². The molecule has 1 rings (SSSR count). The molecule has 0 heterocycles. The minimum absolute atomic E-state index is 0.198. The second kappa shape index (κ2) is 4.37. The number of rotatable bonds is 3. The van der Waals surface area contributed by atoms with E-state index in [-0.39, 0.29) is 6.54 Å². The molecule has 0 bridgehead atoms. The minimum Gasteiger partial charge on any atom is -0.389 e. The van der Waals surface area contributed by atoms with Gasteiger partial charge in [0.2, 0.25) is 0 Å². The van der Waals surface area contributed by atoms with E-state index in [4.69, 9.17) is 5.73 Å². The molecule has 13 heavy (non-hydrogen) atoms. The summed E-state index contributed by atoms with van der Waals surface area (Å²) in [6, 6.07) is 7.18. The molecule has 2 unspecified atom stereocenters. The van der Waals surface area contributed by atoms with Crippen molar-refractivity contribution in [3.63, 3.8) is 0 Å². The second-order valence-corrected chi connectivity index (χ2v) is 3.10. The van der Waals surface area contributed by atoms with Gasteiger partial charge in [0.05, 0.1) is 12.2 Å². The molecule has 0 fully saturated rings. The maximum absolute atomic E-state index is 9.43. The van der Waals surface area contributed by atoms with Gasteiger partial charge in [-0.25, -0.2) is 0 Å². The Balaban J connectivity index is 2.91. The molecule has 0 aliphatic rings. The molecule has 2 atom stereocenters. The quantitative estimate of drug-likeness (QED) is 0.644. The number of hydrogen-bond donors (Lipinski definition) is 3. The summed E-state index contributed by atoms with van der Waals surface area (Å²) < 4.78 is 0. The highest BCUT2D eigenvalue weighted by Crippen LogP contribution is 2.17. The first-order valence-electron chi connectivity index (χ1n) is 4.31. The van der Waals surface area contributed by atoms with Crippen molar-refractivity contribution >= 4 is 0 Å². The molecule has 0 spiro atoms. The molecule has 0 aliphatic heterocycles. The molecule has 0 radical (unpaired) electrons. The highest BCUT2D eigenvalue weighted by molar-refractivity contribution is 5.26. The lowest BCUT2D eigenvalue weighted by molar-refractivity contribution is 0.184. The van der Waals surface area contributed by atoms with Crippen LogP contribution in [0.2, 0.25) is 0 Å². The van der Waals surface area contributed by atoms with Crippen LogP contribution in [-0.4, -0.2) is 16.8 Å². The summed E-state index contributed by atoms with van der Waals surface area (Å²) in [6.07, 6.45) is -1.15. The van der Waals surface area contributed by atoms with E-state index >= 15 is 0 Å². The highest BCUT2D eigenvalue weighted by Gasteiger charge is 2.07. The van der Waals surface area contributed by atoms with Crippen LogP contribution in [0.25, 0.3) is 0 Å². The third-order valence-electron chi connectivity index (χ3n) is 2.00. The number of aliphatic hydroxyl groups excluding tert-OH is 2. The fourth-order valence-electron chi connectivity index (χ4n) is 1.16. The molecule has 0 saturated carbocycles. The molecular weight excluding hydrogens is 166 g/mol. The van der Waals surface area contributed by atoms with E-state index in [1.54, 1.807) is 25.1 Å². The lowest BCUT2D eigenvalue weighted by Gasteiger charge is -2.11. The predicted molar refractivity (Wildman–Crippen MR) is 51.1 cm³/mol. The lowest BCUT2D eigenvalue weighted by Crippen LogP contribution is -2.11. The van der Waals surface area contributed by atoms with E-state index in [2.05, 4.69) is 0 Å². The SMILES string of the molecule is CC(O)c1cccc(C(O)CN)c1. The zero-order chi connectivity index (χ0) is 9.84. The maximum Gasteiger partial charge on any atom is 0.0912 e. The molecule has 1 aromatic rings. The van der Waals surface area contributed by atoms with Gasteiger partial charge >= 0.3 is 0 Å². The van der Waals surface area contributed by atoms with Crippen LogP contribution < -0.4 is 5.73 Å². The summed E-state index contributed by atoms with van der Waals surface area (Å²) in [5.74, 6) is 0. The van der Waals surface area contributed by atoms with Crippen LogP contribution in [-0.2, 0) is 0 Å². The summed E-state index contributed by atoms with van der Waals surface area (Å²) in [5.41, 5.74) is 6.86. The van der Waals surface area contributed by atoms with E-state index in [0.717, 1.165) is 11.1 Å². The van der Waals surface area contributed by atoms with Gasteiger partial charge < -0.3 is 15.9 Å². The maximum atomic E-state index is 9.43. The number of benzene rings is 1. The fourth-order valence-corrected chi connectivity index (χ4v) is 1.16. The van der Waals surface area contributed by atoms with E-state index in [1.807, 2.05) is 6.07 Å². The normalized spacial score (nSPS) is 15.4. The molecule has 1 aromatic carbocycles. The van der Waals surface area contributed by atoms with Crippen LogP contribution in [0.5, 0.6) is 0 Å².